The largest absolute Gasteiger partial charge is 0.493 e. The summed E-state index contributed by atoms with van der Waals surface area (Å²) in [6.45, 7) is 4.19. The molecule has 2 aromatic carbocycles. The number of benzene rings is 2. The van der Waals surface area contributed by atoms with Gasteiger partial charge >= 0.3 is 0 Å². The minimum absolute atomic E-state index is 0.119. The SMILES string of the molecule is CCCOc1ccc(S(=O)(=O)NCC(O)c2ccc(OC)c(OC)c2)cc1C. The lowest BCUT2D eigenvalue weighted by atomic mass is 10.1. The van der Waals surface area contributed by atoms with Gasteiger partial charge in [-0.25, -0.2) is 13.1 Å². The number of nitrogens with one attached hydrogen (secondary N) is 1. The van der Waals surface area contributed by atoms with E-state index in [1.807, 2.05) is 6.92 Å². The molecule has 0 saturated heterocycles. The van der Waals surface area contributed by atoms with Gasteiger partial charge in [0.05, 0.1) is 31.8 Å². The molecular formula is C20H27NO6S. The van der Waals surface area contributed by atoms with Gasteiger partial charge in [0.1, 0.15) is 5.75 Å². The zero-order valence-corrected chi connectivity index (χ0v) is 17.4. The maximum atomic E-state index is 12.6. The molecule has 0 spiro atoms. The minimum Gasteiger partial charge on any atom is -0.493 e. The van der Waals surface area contributed by atoms with Gasteiger partial charge in [0, 0.05) is 6.54 Å². The number of aliphatic hydroxyl groups is 1. The highest BCUT2D eigenvalue weighted by Crippen LogP contribution is 2.30. The topological polar surface area (TPSA) is 94.1 Å². The van der Waals surface area contributed by atoms with Crippen molar-refractivity contribution in [3.8, 4) is 17.2 Å². The Hall–Kier alpha value is -2.29. The summed E-state index contributed by atoms with van der Waals surface area (Å²) in [6.07, 6.45) is -0.169. The van der Waals surface area contributed by atoms with E-state index in [2.05, 4.69) is 4.72 Å². The molecule has 0 aliphatic carbocycles. The van der Waals surface area contributed by atoms with Crippen molar-refractivity contribution < 1.29 is 27.7 Å². The Balaban J connectivity index is 2.09. The third kappa shape index (κ3) is 5.37. The summed E-state index contributed by atoms with van der Waals surface area (Å²) in [5.41, 5.74) is 1.25. The molecule has 7 nitrogen and oxygen atoms in total. The van der Waals surface area contributed by atoms with Crippen LogP contribution < -0.4 is 18.9 Å². The lowest BCUT2D eigenvalue weighted by Gasteiger charge is -2.16. The molecule has 0 aromatic heterocycles. The zero-order chi connectivity index (χ0) is 20.7. The Morgan fingerprint density at radius 3 is 2.32 bits per heavy atom. The summed E-state index contributed by atoms with van der Waals surface area (Å²) >= 11 is 0. The van der Waals surface area contributed by atoms with Gasteiger partial charge < -0.3 is 19.3 Å². The summed E-state index contributed by atoms with van der Waals surface area (Å²) in [6, 6.07) is 9.61. The van der Waals surface area contributed by atoms with Crippen LogP contribution in [0.25, 0.3) is 0 Å². The third-order valence-corrected chi connectivity index (χ3v) is 5.60. The molecule has 0 saturated carbocycles. The van der Waals surface area contributed by atoms with Crippen molar-refractivity contribution in [2.24, 2.45) is 0 Å². The number of hydrogen-bond donors (Lipinski definition) is 2. The number of aliphatic hydroxyl groups excluding tert-OH is 1. The van der Waals surface area contributed by atoms with E-state index in [1.165, 1.54) is 20.3 Å². The molecule has 0 aliphatic rings. The van der Waals surface area contributed by atoms with Crippen LogP contribution in [0.2, 0.25) is 0 Å². The molecule has 0 amide bonds. The number of rotatable bonds is 10. The molecule has 28 heavy (non-hydrogen) atoms. The number of hydrogen-bond acceptors (Lipinski definition) is 6. The molecular weight excluding hydrogens is 382 g/mol. The van der Waals surface area contributed by atoms with Crippen LogP contribution in [-0.4, -0.2) is 40.9 Å². The number of ether oxygens (including phenoxy) is 3. The molecule has 1 atom stereocenters. The molecule has 0 aliphatic heterocycles. The van der Waals surface area contributed by atoms with Crippen LogP contribution >= 0.6 is 0 Å². The molecule has 8 heteroatoms. The quantitative estimate of drug-likeness (QED) is 0.627. The van der Waals surface area contributed by atoms with E-state index in [0.29, 0.717) is 29.4 Å². The lowest BCUT2D eigenvalue weighted by molar-refractivity contribution is 0.181. The van der Waals surface area contributed by atoms with Crippen LogP contribution in [0.15, 0.2) is 41.3 Å². The van der Waals surface area contributed by atoms with E-state index in [9.17, 15) is 13.5 Å². The second-order valence-corrected chi connectivity index (χ2v) is 8.02. The zero-order valence-electron chi connectivity index (χ0n) is 16.6. The van der Waals surface area contributed by atoms with Crippen molar-refractivity contribution in [2.45, 2.75) is 31.3 Å². The van der Waals surface area contributed by atoms with Crippen molar-refractivity contribution in [2.75, 3.05) is 27.4 Å². The van der Waals surface area contributed by atoms with Crippen molar-refractivity contribution in [3.05, 3.63) is 47.5 Å². The first-order valence-electron chi connectivity index (χ1n) is 8.95. The maximum absolute atomic E-state index is 12.6. The molecule has 0 heterocycles. The van der Waals surface area contributed by atoms with Crippen LogP contribution in [0.1, 0.15) is 30.6 Å². The standard InChI is InChI=1S/C20H27NO6S/c1-5-10-27-18-9-7-16(11-14(18)2)28(23,24)21-13-17(22)15-6-8-19(25-3)20(12-15)26-4/h6-9,11-12,17,21-22H,5,10,13H2,1-4H3. The van der Waals surface area contributed by atoms with Crippen LogP contribution in [0.4, 0.5) is 0 Å². The molecule has 1 unspecified atom stereocenters. The normalized spacial score (nSPS) is 12.5. The third-order valence-electron chi connectivity index (χ3n) is 4.18. The van der Waals surface area contributed by atoms with Gasteiger partial charge in [0.2, 0.25) is 10.0 Å². The van der Waals surface area contributed by atoms with Crippen molar-refractivity contribution >= 4 is 10.0 Å². The van der Waals surface area contributed by atoms with E-state index in [1.54, 1.807) is 37.3 Å². The van der Waals surface area contributed by atoms with Crippen LogP contribution in [-0.2, 0) is 10.0 Å². The van der Waals surface area contributed by atoms with Gasteiger partial charge in [-0.2, -0.15) is 0 Å². The number of methoxy groups -OCH3 is 2. The fourth-order valence-electron chi connectivity index (χ4n) is 2.61. The second kappa shape index (κ2) is 9.77. The molecule has 0 radical (unpaired) electrons. The smallest absolute Gasteiger partial charge is 0.240 e. The van der Waals surface area contributed by atoms with E-state index in [4.69, 9.17) is 14.2 Å². The average molecular weight is 410 g/mol. The summed E-state index contributed by atoms with van der Waals surface area (Å²) in [4.78, 5) is 0.119. The first kappa shape index (κ1) is 22.0. The van der Waals surface area contributed by atoms with Gasteiger partial charge in [0.15, 0.2) is 11.5 Å². The Kier molecular flexibility index (Phi) is 7.68. The van der Waals surface area contributed by atoms with E-state index in [0.717, 1.165) is 12.0 Å². The Bertz CT molecular complexity index is 898. The second-order valence-electron chi connectivity index (χ2n) is 6.26. The van der Waals surface area contributed by atoms with Crippen molar-refractivity contribution in [1.29, 1.82) is 0 Å². The molecule has 2 aromatic rings. The van der Waals surface area contributed by atoms with Crippen molar-refractivity contribution in [1.82, 2.24) is 4.72 Å². The van der Waals surface area contributed by atoms with E-state index < -0.39 is 16.1 Å². The number of sulfonamides is 1. The van der Waals surface area contributed by atoms with E-state index in [-0.39, 0.29) is 11.4 Å². The minimum atomic E-state index is -3.77. The number of aryl methyl sites for hydroxylation is 1. The van der Waals surface area contributed by atoms with Crippen LogP contribution in [0.3, 0.4) is 0 Å². The first-order valence-corrected chi connectivity index (χ1v) is 10.4. The van der Waals surface area contributed by atoms with E-state index >= 15 is 0 Å². The predicted molar refractivity (Wildman–Crippen MR) is 107 cm³/mol. The molecule has 154 valence electrons. The average Bonchev–Trinajstić information content (AvgIpc) is 2.70. The van der Waals surface area contributed by atoms with Gasteiger partial charge in [-0.05, 0) is 54.8 Å². The monoisotopic (exact) mass is 409 g/mol. The predicted octanol–water partition coefficient (Wildman–Crippen LogP) is 2.81. The summed E-state index contributed by atoms with van der Waals surface area (Å²) < 4.78 is 43.5. The summed E-state index contributed by atoms with van der Waals surface area (Å²) in [5.74, 6) is 1.64. The first-order chi connectivity index (χ1) is 13.3. The Morgan fingerprint density at radius 2 is 1.71 bits per heavy atom. The molecule has 0 fully saturated rings. The van der Waals surface area contributed by atoms with Gasteiger partial charge in [-0.3, -0.25) is 0 Å². The van der Waals surface area contributed by atoms with Gasteiger partial charge in [0.25, 0.3) is 0 Å². The fourth-order valence-corrected chi connectivity index (χ4v) is 3.74. The summed E-state index contributed by atoms with van der Waals surface area (Å²) in [5, 5.41) is 10.4. The van der Waals surface area contributed by atoms with Crippen LogP contribution in [0.5, 0.6) is 17.2 Å². The highest BCUT2D eigenvalue weighted by molar-refractivity contribution is 7.89. The maximum Gasteiger partial charge on any atom is 0.240 e. The molecule has 0 bridgehead atoms. The fraction of sp³-hybridized carbons (Fsp3) is 0.400. The lowest BCUT2D eigenvalue weighted by Crippen LogP contribution is -2.28. The van der Waals surface area contributed by atoms with Crippen LogP contribution in [0, 0.1) is 6.92 Å². The van der Waals surface area contributed by atoms with Gasteiger partial charge in [-0.1, -0.05) is 13.0 Å². The summed E-state index contributed by atoms with van der Waals surface area (Å²) in [7, 11) is -0.764. The molecule has 2 N–H and O–H groups in total. The van der Waals surface area contributed by atoms with Gasteiger partial charge in [-0.15, -0.1) is 0 Å². The highest BCUT2D eigenvalue weighted by atomic mass is 32.2. The Labute approximate surface area is 166 Å². The Morgan fingerprint density at radius 1 is 1.04 bits per heavy atom. The molecule has 2 rings (SSSR count). The highest BCUT2D eigenvalue weighted by Gasteiger charge is 2.19. The van der Waals surface area contributed by atoms with Crippen molar-refractivity contribution in [3.63, 3.8) is 0 Å².